The number of carbonyl (C=O) groups is 1. The number of hydrogen-bond acceptors (Lipinski definition) is 4. The summed E-state index contributed by atoms with van der Waals surface area (Å²) in [6.45, 7) is 3.37. The molecule has 0 aliphatic rings. The Labute approximate surface area is 124 Å². The van der Waals surface area contributed by atoms with Gasteiger partial charge in [-0.3, -0.25) is 4.79 Å². The number of anilines is 1. The fourth-order valence-corrected chi connectivity index (χ4v) is 2.05. The second-order valence-corrected chi connectivity index (χ2v) is 4.79. The Kier molecular flexibility index (Phi) is 5.31. The quantitative estimate of drug-likeness (QED) is 0.813. The Bertz CT molecular complexity index is 580. The summed E-state index contributed by atoms with van der Waals surface area (Å²) in [5, 5.41) is 5.91. The average molecular weight is 287 g/mol. The van der Waals surface area contributed by atoms with Crippen LogP contribution in [0.1, 0.15) is 29.4 Å². The first kappa shape index (κ1) is 15.0. The minimum Gasteiger partial charge on any atom is -0.373 e. The summed E-state index contributed by atoms with van der Waals surface area (Å²) in [6.07, 6.45) is 7.20. The lowest BCUT2D eigenvalue weighted by Gasteiger charge is -2.09. The van der Waals surface area contributed by atoms with Crippen molar-refractivity contribution in [2.24, 2.45) is 0 Å². The first-order valence-corrected chi connectivity index (χ1v) is 7.15. The van der Waals surface area contributed by atoms with E-state index in [2.05, 4.69) is 27.5 Å². The van der Waals surface area contributed by atoms with E-state index in [0.29, 0.717) is 18.7 Å². The Balaban J connectivity index is 1.98. The number of imidazole rings is 1. The van der Waals surface area contributed by atoms with E-state index in [1.165, 1.54) is 0 Å². The molecule has 0 saturated heterocycles. The van der Waals surface area contributed by atoms with Gasteiger partial charge in [0.15, 0.2) is 0 Å². The lowest BCUT2D eigenvalue weighted by atomic mass is 10.1. The van der Waals surface area contributed by atoms with Gasteiger partial charge < -0.3 is 15.2 Å². The molecule has 0 spiro atoms. The van der Waals surface area contributed by atoms with Crippen LogP contribution in [0.3, 0.4) is 0 Å². The maximum atomic E-state index is 12.2. The second-order valence-electron chi connectivity index (χ2n) is 4.79. The number of aromatic nitrogens is 3. The normalized spacial score (nSPS) is 10.4. The van der Waals surface area contributed by atoms with Crippen LogP contribution in [0.5, 0.6) is 0 Å². The monoisotopic (exact) mass is 287 g/mol. The van der Waals surface area contributed by atoms with E-state index < -0.39 is 0 Å². The third-order valence-corrected chi connectivity index (χ3v) is 3.12. The highest BCUT2D eigenvalue weighted by molar-refractivity contribution is 5.95. The van der Waals surface area contributed by atoms with Gasteiger partial charge in [0.2, 0.25) is 0 Å². The third kappa shape index (κ3) is 4.30. The molecule has 0 aromatic carbocycles. The molecule has 6 nitrogen and oxygen atoms in total. The van der Waals surface area contributed by atoms with Crippen LogP contribution < -0.4 is 10.6 Å². The molecular weight excluding hydrogens is 266 g/mol. The first-order chi connectivity index (χ1) is 10.2. The highest BCUT2D eigenvalue weighted by Gasteiger charge is 2.09. The van der Waals surface area contributed by atoms with E-state index >= 15 is 0 Å². The Morgan fingerprint density at radius 1 is 1.38 bits per heavy atom. The van der Waals surface area contributed by atoms with Crippen LogP contribution >= 0.6 is 0 Å². The SMILES string of the molecule is CCCc1cc(C(=O)NCCn2ccnc2)cc(NC)n1. The number of pyridine rings is 1. The van der Waals surface area contributed by atoms with Crippen LogP contribution in [0.25, 0.3) is 0 Å². The zero-order valence-electron chi connectivity index (χ0n) is 12.5. The van der Waals surface area contributed by atoms with Crippen molar-refractivity contribution >= 4 is 11.7 Å². The molecule has 0 fully saturated rings. The number of aryl methyl sites for hydroxylation is 1. The van der Waals surface area contributed by atoms with Crippen molar-refractivity contribution in [1.82, 2.24) is 19.9 Å². The summed E-state index contributed by atoms with van der Waals surface area (Å²) in [6, 6.07) is 3.63. The molecule has 0 unspecified atom stereocenters. The third-order valence-electron chi connectivity index (χ3n) is 3.12. The summed E-state index contributed by atoms with van der Waals surface area (Å²) in [4.78, 5) is 20.6. The topological polar surface area (TPSA) is 71.8 Å². The molecule has 0 saturated carbocycles. The molecule has 112 valence electrons. The molecule has 0 atom stereocenters. The van der Waals surface area contributed by atoms with Gasteiger partial charge in [0.1, 0.15) is 5.82 Å². The largest absolute Gasteiger partial charge is 0.373 e. The minimum absolute atomic E-state index is 0.0774. The predicted molar refractivity (Wildman–Crippen MR) is 82.3 cm³/mol. The number of carbonyl (C=O) groups excluding carboxylic acids is 1. The highest BCUT2D eigenvalue weighted by Crippen LogP contribution is 2.11. The second kappa shape index (κ2) is 7.42. The molecule has 2 rings (SSSR count). The average Bonchev–Trinajstić information content (AvgIpc) is 3.00. The van der Waals surface area contributed by atoms with Gasteiger partial charge in [-0.25, -0.2) is 9.97 Å². The van der Waals surface area contributed by atoms with Gasteiger partial charge in [-0.15, -0.1) is 0 Å². The zero-order chi connectivity index (χ0) is 15.1. The van der Waals surface area contributed by atoms with Crippen molar-refractivity contribution in [2.45, 2.75) is 26.3 Å². The summed E-state index contributed by atoms with van der Waals surface area (Å²) < 4.78 is 1.92. The minimum atomic E-state index is -0.0774. The van der Waals surface area contributed by atoms with Crippen molar-refractivity contribution < 1.29 is 4.79 Å². The van der Waals surface area contributed by atoms with Gasteiger partial charge in [0, 0.05) is 43.8 Å². The zero-order valence-corrected chi connectivity index (χ0v) is 12.5. The molecule has 21 heavy (non-hydrogen) atoms. The van der Waals surface area contributed by atoms with Crippen LogP contribution in [0.15, 0.2) is 30.9 Å². The van der Waals surface area contributed by atoms with Crippen LogP contribution in [0.2, 0.25) is 0 Å². The van der Waals surface area contributed by atoms with Crippen molar-refractivity contribution in [3.63, 3.8) is 0 Å². The summed E-state index contributed by atoms with van der Waals surface area (Å²) in [5.74, 6) is 0.645. The van der Waals surface area contributed by atoms with Crippen molar-refractivity contribution in [1.29, 1.82) is 0 Å². The summed E-state index contributed by atoms with van der Waals surface area (Å²) in [7, 11) is 1.80. The lowest BCUT2D eigenvalue weighted by molar-refractivity contribution is 0.0952. The summed E-state index contributed by atoms with van der Waals surface area (Å²) in [5.41, 5.74) is 1.58. The van der Waals surface area contributed by atoms with Crippen LogP contribution in [-0.2, 0) is 13.0 Å². The molecule has 1 amide bonds. The van der Waals surface area contributed by atoms with Gasteiger partial charge in [-0.1, -0.05) is 13.3 Å². The van der Waals surface area contributed by atoms with E-state index in [-0.39, 0.29) is 5.91 Å². The number of amides is 1. The van der Waals surface area contributed by atoms with E-state index in [0.717, 1.165) is 24.4 Å². The molecule has 6 heteroatoms. The van der Waals surface area contributed by atoms with E-state index in [4.69, 9.17) is 0 Å². The molecular formula is C15H21N5O. The number of nitrogens with zero attached hydrogens (tertiary/aromatic N) is 3. The van der Waals surface area contributed by atoms with E-state index in [9.17, 15) is 4.79 Å². The van der Waals surface area contributed by atoms with Gasteiger partial charge >= 0.3 is 0 Å². The molecule has 2 aromatic rings. The van der Waals surface area contributed by atoms with Crippen molar-refractivity contribution in [3.05, 3.63) is 42.1 Å². The van der Waals surface area contributed by atoms with Crippen LogP contribution in [0.4, 0.5) is 5.82 Å². The molecule has 0 aliphatic heterocycles. The maximum absolute atomic E-state index is 12.2. The Morgan fingerprint density at radius 3 is 2.90 bits per heavy atom. The van der Waals surface area contributed by atoms with Gasteiger partial charge in [-0.2, -0.15) is 0 Å². The molecule has 2 aromatic heterocycles. The number of nitrogens with one attached hydrogen (secondary N) is 2. The standard InChI is InChI=1S/C15H21N5O/c1-3-4-13-9-12(10-14(16-2)19-13)15(21)18-6-8-20-7-5-17-11-20/h5,7,9-11H,3-4,6,8H2,1-2H3,(H,16,19)(H,18,21). The van der Waals surface area contributed by atoms with Crippen LogP contribution in [0, 0.1) is 0 Å². The smallest absolute Gasteiger partial charge is 0.251 e. The molecule has 0 radical (unpaired) electrons. The molecule has 2 heterocycles. The predicted octanol–water partition coefficient (Wildman–Crippen LogP) is 1.70. The Morgan fingerprint density at radius 2 is 2.24 bits per heavy atom. The van der Waals surface area contributed by atoms with E-state index in [1.54, 1.807) is 25.6 Å². The fourth-order valence-electron chi connectivity index (χ4n) is 2.05. The maximum Gasteiger partial charge on any atom is 0.251 e. The van der Waals surface area contributed by atoms with Gasteiger partial charge in [0.05, 0.1) is 6.33 Å². The number of rotatable bonds is 7. The fraction of sp³-hybridized carbons (Fsp3) is 0.400. The van der Waals surface area contributed by atoms with Crippen LogP contribution in [-0.4, -0.2) is 34.0 Å². The molecule has 2 N–H and O–H groups in total. The molecule has 0 aliphatic carbocycles. The number of hydrogen-bond donors (Lipinski definition) is 2. The van der Waals surface area contributed by atoms with E-state index in [1.807, 2.05) is 16.8 Å². The van der Waals surface area contributed by atoms with Crippen molar-refractivity contribution in [3.8, 4) is 0 Å². The van der Waals surface area contributed by atoms with Gasteiger partial charge in [0.25, 0.3) is 5.91 Å². The highest BCUT2D eigenvalue weighted by atomic mass is 16.1. The first-order valence-electron chi connectivity index (χ1n) is 7.15. The lowest BCUT2D eigenvalue weighted by Crippen LogP contribution is -2.27. The summed E-state index contributed by atoms with van der Waals surface area (Å²) >= 11 is 0. The van der Waals surface area contributed by atoms with Gasteiger partial charge in [-0.05, 0) is 18.6 Å². The Hall–Kier alpha value is -2.37. The molecule has 0 bridgehead atoms. The van der Waals surface area contributed by atoms with Crippen molar-refractivity contribution in [2.75, 3.05) is 18.9 Å².